The lowest BCUT2D eigenvalue weighted by Crippen LogP contribution is -2.50. The Balaban J connectivity index is 1.43. The third kappa shape index (κ3) is 4.35. The average Bonchev–Trinajstić information content (AvgIpc) is 2.87. The molecule has 5 rings (SSSR count). The van der Waals surface area contributed by atoms with E-state index in [0.717, 1.165) is 23.1 Å². The quantitative estimate of drug-likeness (QED) is 0.421. The molecule has 0 spiro atoms. The Bertz CT molecular complexity index is 1280. The van der Waals surface area contributed by atoms with Gasteiger partial charge in [-0.15, -0.1) is 0 Å². The van der Waals surface area contributed by atoms with Crippen LogP contribution in [0.3, 0.4) is 0 Å². The first kappa shape index (κ1) is 24.7. The zero-order valence-electron chi connectivity index (χ0n) is 20.5. The minimum Gasteiger partial charge on any atom is -0.505 e. The van der Waals surface area contributed by atoms with Crippen LogP contribution in [0.15, 0.2) is 59.2 Å². The van der Waals surface area contributed by atoms with E-state index < -0.39 is 24.8 Å². The van der Waals surface area contributed by atoms with Gasteiger partial charge in [0.15, 0.2) is 23.1 Å². The van der Waals surface area contributed by atoms with Gasteiger partial charge < -0.3 is 14.8 Å². The van der Waals surface area contributed by atoms with Gasteiger partial charge >= 0.3 is 7.12 Å². The van der Waals surface area contributed by atoms with E-state index in [1.807, 2.05) is 13.0 Å². The van der Waals surface area contributed by atoms with Crippen molar-refractivity contribution in [1.29, 1.82) is 0 Å². The van der Waals surface area contributed by atoms with E-state index in [2.05, 4.69) is 6.92 Å². The van der Waals surface area contributed by atoms with Crippen molar-refractivity contribution in [3.8, 4) is 5.75 Å². The van der Waals surface area contributed by atoms with E-state index in [4.69, 9.17) is 4.65 Å². The van der Waals surface area contributed by atoms with Crippen LogP contribution in [0.2, 0.25) is 6.32 Å². The van der Waals surface area contributed by atoms with E-state index in [0.29, 0.717) is 42.3 Å². The molecule has 4 atom stereocenters. The van der Waals surface area contributed by atoms with Crippen LogP contribution in [0.1, 0.15) is 65.8 Å². The van der Waals surface area contributed by atoms with Gasteiger partial charge in [-0.2, -0.15) is 0 Å². The summed E-state index contributed by atoms with van der Waals surface area (Å²) in [5.74, 6) is -2.13. The summed E-state index contributed by atoms with van der Waals surface area (Å²) in [5, 5.41) is 20.1. The molecule has 0 radical (unpaired) electrons. The molecular formula is C29H30BFO5. The maximum atomic E-state index is 13.7. The fourth-order valence-electron chi connectivity index (χ4n) is 6.34. The lowest BCUT2D eigenvalue weighted by molar-refractivity contribution is 0.0599. The number of hydrogen-bond donors (Lipinski definition) is 2. The molecule has 0 saturated carbocycles. The Hall–Kier alpha value is -3.03. The van der Waals surface area contributed by atoms with Gasteiger partial charge in [0.2, 0.25) is 0 Å². The topological polar surface area (TPSA) is 83.8 Å². The zero-order valence-corrected chi connectivity index (χ0v) is 20.5. The first-order chi connectivity index (χ1) is 17.3. The largest absolute Gasteiger partial charge is 0.505 e. The Kier molecular flexibility index (Phi) is 6.71. The summed E-state index contributed by atoms with van der Waals surface area (Å²) in [7, 11) is -1.00. The molecule has 0 aromatic heterocycles. The summed E-state index contributed by atoms with van der Waals surface area (Å²) in [6.07, 6.45) is 4.38. The highest BCUT2D eigenvalue weighted by molar-refractivity contribution is 6.43. The third-order valence-corrected chi connectivity index (χ3v) is 7.97. The second kappa shape index (κ2) is 9.79. The Morgan fingerprint density at radius 3 is 2.56 bits per heavy atom. The van der Waals surface area contributed by atoms with E-state index in [1.165, 1.54) is 12.1 Å². The molecule has 2 aromatic carbocycles. The number of Topliss-reactive ketones (excluding diaryl/α,β-unsaturated/α-hetero) is 2. The summed E-state index contributed by atoms with van der Waals surface area (Å²) in [5.41, 5.74) is 4.89. The number of phenols is 1. The van der Waals surface area contributed by atoms with Crippen molar-refractivity contribution in [2.45, 2.75) is 52.0 Å². The smallest absolute Gasteiger partial charge is 0.455 e. The molecule has 186 valence electrons. The highest BCUT2D eigenvalue weighted by Gasteiger charge is 2.53. The minimum absolute atomic E-state index is 0.00821. The number of halogens is 1. The van der Waals surface area contributed by atoms with Crippen LogP contribution >= 0.6 is 0 Å². The molecule has 0 bridgehead atoms. The number of carbonyl (C=O) groups is 2. The monoisotopic (exact) mass is 488 g/mol. The molecule has 1 aliphatic heterocycles. The van der Waals surface area contributed by atoms with Crippen molar-refractivity contribution in [1.82, 2.24) is 0 Å². The first-order valence-electron chi connectivity index (χ1n) is 12.7. The maximum Gasteiger partial charge on any atom is 0.455 e. The van der Waals surface area contributed by atoms with E-state index in [-0.39, 0.29) is 29.3 Å². The average molecular weight is 488 g/mol. The fraction of sp³-hybridized carbons (Fsp3) is 0.379. The van der Waals surface area contributed by atoms with Gasteiger partial charge in [-0.3, -0.25) is 9.59 Å². The molecule has 1 fully saturated rings. The van der Waals surface area contributed by atoms with Crippen LogP contribution in [0, 0.1) is 23.6 Å². The van der Waals surface area contributed by atoms with Crippen molar-refractivity contribution in [3.05, 3.63) is 81.7 Å². The van der Waals surface area contributed by atoms with E-state index in [1.54, 1.807) is 30.3 Å². The van der Waals surface area contributed by atoms with Crippen LogP contribution in [0.4, 0.5) is 4.39 Å². The molecule has 1 heterocycles. The number of phenolic OH excluding ortho intramolecular Hbond substituents is 1. The minimum atomic E-state index is -1.00. The Morgan fingerprint density at radius 1 is 1.14 bits per heavy atom. The number of aromatic hydroxyl groups is 1. The molecule has 36 heavy (non-hydrogen) atoms. The molecule has 3 aliphatic rings. The van der Waals surface area contributed by atoms with Gasteiger partial charge in [0.1, 0.15) is 0 Å². The Labute approximate surface area is 210 Å². The molecule has 2 N–H and O–H groups in total. The van der Waals surface area contributed by atoms with Gasteiger partial charge in [0.05, 0.1) is 6.10 Å². The summed E-state index contributed by atoms with van der Waals surface area (Å²) < 4.78 is 19.7. The SMILES string of the molecule is CCC1=C2[C@@H](CC/C(C)=C/c3ccc(O)c(F)c3)OB(O)C[C@@H]2[C@@H]2C(=O)c3ccccc3C(=O)[C@@H]2C1. The fourth-order valence-corrected chi connectivity index (χ4v) is 6.34. The van der Waals surface area contributed by atoms with Crippen LogP contribution in [-0.4, -0.2) is 34.9 Å². The molecular weight excluding hydrogens is 458 g/mol. The summed E-state index contributed by atoms with van der Waals surface area (Å²) in [6.45, 7) is 4.02. The number of ketones is 2. The second-order valence-corrected chi connectivity index (χ2v) is 10.2. The van der Waals surface area contributed by atoms with Crippen molar-refractivity contribution in [3.63, 3.8) is 0 Å². The lowest BCUT2D eigenvalue weighted by Gasteiger charge is -2.47. The predicted octanol–water partition coefficient (Wildman–Crippen LogP) is 5.63. The molecule has 1 saturated heterocycles. The van der Waals surface area contributed by atoms with Crippen LogP contribution < -0.4 is 0 Å². The van der Waals surface area contributed by atoms with Gasteiger partial charge in [-0.1, -0.05) is 54.5 Å². The van der Waals surface area contributed by atoms with Gasteiger partial charge in [-0.05, 0) is 68.1 Å². The van der Waals surface area contributed by atoms with Crippen molar-refractivity contribution >= 4 is 24.8 Å². The standard InChI is InChI=1S/C29H30BFO5/c1-3-18-14-21-27(29(34)20-7-5-4-6-19(20)28(21)33)22-15-30(35)36-25(26(18)22)11-8-16(2)12-17-9-10-24(32)23(31)13-17/h4-7,9-10,12-13,21-22,25,27,32,35H,3,8,11,14-15H2,1-2H3/b16-12+/t21-,22+,25-,27-/m1/s1. The number of fused-ring (bicyclic) bond motifs is 4. The molecule has 5 nitrogen and oxygen atoms in total. The highest BCUT2D eigenvalue weighted by Crippen LogP contribution is 2.51. The third-order valence-electron chi connectivity index (χ3n) is 7.97. The normalized spacial score (nSPS) is 26.0. The molecule has 0 amide bonds. The maximum absolute atomic E-state index is 13.7. The number of carbonyl (C=O) groups excluding carboxylic acids is 2. The molecule has 2 aliphatic carbocycles. The number of rotatable bonds is 5. The lowest BCUT2D eigenvalue weighted by atomic mass is 9.54. The molecule has 2 aromatic rings. The summed E-state index contributed by atoms with van der Waals surface area (Å²) >= 11 is 0. The van der Waals surface area contributed by atoms with E-state index >= 15 is 0 Å². The van der Waals surface area contributed by atoms with Gasteiger partial charge in [0, 0.05) is 23.0 Å². The van der Waals surface area contributed by atoms with Gasteiger partial charge in [-0.25, -0.2) is 4.39 Å². The number of hydrogen-bond acceptors (Lipinski definition) is 5. The first-order valence-corrected chi connectivity index (χ1v) is 12.7. The highest BCUT2D eigenvalue weighted by atomic mass is 19.1. The number of benzene rings is 2. The van der Waals surface area contributed by atoms with Crippen LogP contribution in [0.25, 0.3) is 6.08 Å². The van der Waals surface area contributed by atoms with Gasteiger partial charge in [0.25, 0.3) is 0 Å². The number of allylic oxidation sites excluding steroid dienone is 2. The zero-order chi connectivity index (χ0) is 25.6. The van der Waals surface area contributed by atoms with Crippen LogP contribution in [-0.2, 0) is 4.65 Å². The summed E-state index contributed by atoms with van der Waals surface area (Å²) in [4.78, 5) is 27.0. The summed E-state index contributed by atoms with van der Waals surface area (Å²) in [6, 6.07) is 11.3. The van der Waals surface area contributed by atoms with Crippen LogP contribution in [0.5, 0.6) is 5.75 Å². The van der Waals surface area contributed by atoms with Crippen molar-refractivity contribution < 1.29 is 28.8 Å². The van der Waals surface area contributed by atoms with Crippen molar-refractivity contribution in [2.75, 3.05) is 0 Å². The second-order valence-electron chi connectivity index (χ2n) is 10.2. The molecule has 0 unspecified atom stereocenters. The van der Waals surface area contributed by atoms with Crippen molar-refractivity contribution in [2.24, 2.45) is 17.8 Å². The van der Waals surface area contributed by atoms with E-state index in [9.17, 15) is 24.1 Å². The molecule has 7 heteroatoms. The Morgan fingerprint density at radius 2 is 1.86 bits per heavy atom. The predicted molar refractivity (Wildman–Crippen MR) is 136 cm³/mol.